The third-order valence-electron chi connectivity index (χ3n) is 6.87. The van der Waals surface area contributed by atoms with Crippen molar-refractivity contribution in [2.45, 2.75) is 16.9 Å². The van der Waals surface area contributed by atoms with Crippen LogP contribution < -0.4 is 4.74 Å². The molecular weight excluding hydrogens is 494 g/mol. The summed E-state index contributed by atoms with van der Waals surface area (Å²) in [6, 6.07) is 30.8. The van der Waals surface area contributed by atoms with Gasteiger partial charge in [-0.25, -0.2) is 19.5 Å². The lowest BCUT2D eigenvalue weighted by Crippen LogP contribution is -2.15. The summed E-state index contributed by atoms with van der Waals surface area (Å²) in [6.45, 7) is 0. The third kappa shape index (κ3) is 3.38. The van der Waals surface area contributed by atoms with Crippen molar-refractivity contribution in [1.29, 1.82) is 0 Å². The van der Waals surface area contributed by atoms with Crippen LogP contribution in [0, 0.1) is 0 Å². The number of fused-ring (bicyclic) bond motifs is 7. The molecule has 7 nitrogen and oxygen atoms in total. The van der Waals surface area contributed by atoms with Crippen LogP contribution >= 0.6 is 11.8 Å². The van der Waals surface area contributed by atoms with E-state index in [1.165, 1.54) is 11.8 Å². The van der Waals surface area contributed by atoms with E-state index >= 15 is 0 Å². The summed E-state index contributed by atoms with van der Waals surface area (Å²) in [5.74, 6) is 2.48. The molecular formula is C30H19N5O2S. The molecule has 8 heteroatoms. The van der Waals surface area contributed by atoms with Gasteiger partial charge in [-0.3, -0.25) is 0 Å². The van der Waals surface area contributed by atoms with Crippen molar-refractivity contribution < 1.29 is 9.15 Å². The Kier molecular flexibility index (Phi) is 4.75. The molecule has 0 fully saturated rings. The van der Waals surface area contributed by atoms with Crippen LogP contribution in [0.2, 0.25) is 0 Å². The summed E-state index contributed by atoms with van der Waals surface area (Å²) in [5.41, 5.74) is 5.48. The van der Waals surface area contributed by atoms with Gasteiger partial charge in [0.2, 0.25) is 5.88 Å². The Balaban J connectivity index is 1.24. The van der Waals surface area contributed by atoms with Crippen molar-refractivity contribution >= 4 is 39.3 Å². The number of hydrogen-bond acceptors (Lipinski definition) is 7. The smallest absolute Gasteiger partial charge is 0.257 e. The first kappa shape index (κ1) is 21.4. The van der Waals surface area contributed by atoms with Crippen molar-refractivity contribution in [3.05, 3.63) is 120 Å². The molecule has 0 unspecified atom stereocenters. The van der Waals surface area contributed by atoms with Crippen molar-refractivity contribution in [3.63, 3.8) is 0 Å². The van der Waals surface area contributed by atoms with Gasteiger partial charge in [0.15, 0.2) is 17.1 Å². The summed E-state index contributed by atoms with van der Waals surface area (Å²) in [6.07, 6.45) is 1.67. The molecule has 3 aromatic heterocycles. The standard InChI is InChI=1S/C30H19N5O2S/c1-2-9-19(10-3-1)25-21-15-14-18-8-4-5-11-20(18)27(21)37-29-26(25)28-33-24(34-35(28)17-31-29)16-38-30-32-22-12-6-7-13-23(22)36-30/h1-15,17,25H,16H2/t25-/m0/s1. The van der Waals surface area contributed by atoms with Crippen LogP contribution in [0.4, 0.5) is 0 Å². The molecule has 1 aliphatic rings. The maximum Gasteiger partial charge on any atom is 0.257 e. The van der Waals surface area contributed by atoms with Crippen molar-refractivity contribution in [1.82, 2.24) is 24.6 Å². The molecule has 7 aromatic rings. The molecule has 0 saturated carbocycles. The van der Waals surface area contributed by atoms with Gasteiger partial charge < -0.3 is 9.15 Å². The largest absolute Gasteiger partial charge is 0.438 e. The number of ether oxygens (including phenoxy) is 1. The minimum Gasteiger partial charge on any atom is -0.438 e. The number of oxazole rings is 1. The number of aromatic nitrogens is 5. The molecule has 182 valence electrons. The number of thioether (sulfide) groups is 1. The van der Waals surface area contributed by atoms with Gasteiger partial charge in [-0.1, -0.05) is 90.6 Å². The van der Waals surface area contributed by atoms with Gasteiger partial charge in [-0.05, 0) is 23.1 Å². The summed E-state index contributed by atoms with van der Waals surface area (Å²) in [5, 5.41) is 7.51. The second-order valence-electron chi connectivity index (χ2n) is 9.15. The van der Waals surface area contributed by atoms with E-state index in [1.54, 1.807) is 10.8 Å². The quantitative estimate of drug-likeness (QED) is 0.235. The Morgan fingerprint density at radius 3 is 2.61 bits per heavy atom. The number of para-hydroxylation sites is 2. The second kappa shape index (κ2) is 8.43. The molecule has 0 N–H and O–H groups in total. The first-order valence-electron chi connectivity index (χ1n) is 12.3. The topological polar surface area (TPSA) is 78.3 Å². The van der Waals surface area contributed by atoms with E-state index in [2.05, 4.69) is 58.5 Å². The molecule has 0 amide bonds. The number of nitrogens with zero attached hydrogens (tertiary/aromatic N) is 5. The molecule has 0 spiro atoms. The van der Waals surface area contributed by atoms with E-state index in [-0.39, 0.29) is 5.92 Å². The highest BCUT2D eigenvalue weighted by atomic mass is 32.2. The van der Waals surface area contributed by atoms with Gasteiger partial charge >= 0.3 is 0 Å². The van der Waals surface area contributed by atoms with Gasteiger partial charge in [0.1, 0.15) is 17.6 Å². The Morgan fingerprint density at radius 1 is 0.842 bits per heavy atom. The Labute approximate surface area is 221 Å². The molecule has 1 atom stereocenters. The summed E-state index contributed by atoms with van der Waals surface area (Å²) < 4.78 is 14.1. The lowest BCUT2D eigenvalue weighted by molar-refractivity contribution is 0.437. The third-order valence-corrected chi connectivity index (χ3v) is 7.70. The van der Waals surface area contributed by atoms with E-state index in [4.69, 9.17) is 19.2 Å². The van der Waals surface area contributed by atoms with Crippen molar-refractivity contribution in [2.75, 3.05) is 0 Å². The van der Waals surface area contributed by atoms with E-state index in [0.29, 0.717) is 22.7 Å². The van der Waals surface area contributed by atoms with Crippen LogP contribution in [0.3, 0.4) is 0 Å². The lowest BCUT2D eigenvalue weighted by Gasteiger charge is -2.28. The van der Waals surface area contributed by atoms with Crippen LogP contribution in [0.1, 0.15) is 28.4 Å². The zero-order valence-electron chi connectivity index (χ0n) is 20.0. The molecule has 4 heterocycles. The predicted molar refractivity (Wildman–Crippen MR) is 146 cm³/mol. The van der Waals surface area contributed by atoms with E-state index < -0.39 is 0 Å². The maximum absolute atomic E-state index is 6.50. The highest BCUT2D eigenvalue weighted by molar-refractivity contribution is 7.98. The van der Waals surface area contributed by atoms with Crippen LogP contribution in [0.15, 0.2) is 107 Å². The summed E-state index contributed by atoms with van der Waals surface area (Å²) in [7, 11) is 0. The molecule has 0 aliphatic carbocycles. The molecule has 0 radical (unpaired) electrons. The zero-order chi connectivity index (χ0) is 25.1. The van der Waals surface area contributed by atoms with Gasteiger partial charge in [-0.2, -0.15) is 0 Å². The van der Waals surface area contributed by atoms with E-state index in [0.717, 1.165) is 50.0 Å². The number of hydrogen-bond donors (Lipinski definition) is 0. The van der Waals surface area contributed by atoms with E-state index in [1.807, 2.05) is 42.5 Å². The molecule has 8 rings (SSSR count). The van der Waals surface area contributed by atoms with Crippen molar-refractivity contribution in [3.8, 4) is 11.6 Å². The SMILES string of the molecule is c1ccc([C@H]2c3ccc4ccccc4c3Oc3ncn4nc(CSc5nc6ccccc6o5)nc4c32)cc1. The first-order valence-corrected chi connectivity index (χ1v) is 13.3. The summed E-state index contributed by atoms with van der Waals surface area (Å²) >= 11 is 1.47. The first-order chi connectivity index (χ1) is 18.8. The predicted octanol–water partition coefficient (Wildman–Crippen LogP) is 7.00. The van der Waals surface area contributed by atoms with Gasteiger partial charge in [-0.15, -0.1) is 5.10 Å². The molecule has 4 aromatic carbocycles. The van der Waals surface area contributed by atoms with E-state index in [9.17, 15) is 0 Å². The highest BCUT2D eigenvalue weighted by Crippen LogP contribution is 2.50. The second-order valence-corrected chi connectivity index (χ2v) is 10.1. The Bertz CT molecular complexity index is 1950. The van der Waals surface area contributed by atoms with Crippen LogP contribution in [-0.2, 0) is 5.75 Å². The Morgan fingerprint density at radius 2 is 1.68 bits per heavy atom. The minimum absolute atomic E-state index is 0.0995. The van der Waals surface area contributed by atoms with Gasteiger partial charge in [0.25, 0.3) is 5.22 Å². The molecule has 0 saturated heterocycles. The molecule has 38 heavy (non-hydrogen) atoms. The van der Waals surface area contributed by atoms with Crippen molar-refractivity contribution in [2.24, 2.45) is 0 Å². The Hall–Kier alpha value is -4.69. The minimum atomic E-state index is -0.0995. The summed E-state index contributed by atoms with van der Waals surface area (Å²) in [4.78, 5) is 14.2. The average Bonchev–Trinajstić information content (AvgIpc) is 3.59. The lowest BCUT2D eigenvalue weighted by atomic mass is 9.83. The maximum atomic E-state index is 6.50. The monoisotopic (exact) mass is 513 g/mol. The van der Waals surface area contributed by atoms with Gasteiger partial charge in [0, 0.05) is 16.9 Å². The fourth-order valence-corrected chi connectivity index (χ4v) is 5.87. The molecule has 1 aliphatic heterocycles. The fraction of sp³-hybridized carbons (Fsp3) is 0.0667. The molecule has 0 bridgehead atoms. The van der Waals surface area contributed by atoms with Crippen LogP contribution in [0.25, 0.3) is 27.5 Å². The van der Waals surface area contributed by atoms with Crippen LogP contribution in [-0.4, -0.2) is 24.6 Å². The van der Waals surface area contributed by atoms with Crippen LogP contribution in [0.5, 0.6) is 11.6 Å². The average molecular weight is 514 g/mol. The zero-order valence-corrected chi connectivity index (χ0v) is 20.8. The van der Waals surface area contributed by atoms with Gasteiger partial charge in [0.05, 0.1) is 11.3 Å². The normalized spacial score (nSPS) is 14.5. The fourth-order valence-electron chi connectivity index (χ4n) is 5.18. The number of rotatable bonds is 4. The number of benzene rings is 4. The highest BCUT2D eigenvalue weighted by Gasteiger charge is 2.34.